The fourth-order valence-corrected chi connectivity index (χ4v) is 6.05. The van der Waals surface area contributed by atoms with Gasteiger partial charge in [0.05, 0.1) is 11.5 Å². The minimum absolute atomic E-state index is 0.00815. The molecular weight excluding hydrogens is 370 g/mol. The number of anilines is 1. The SMILES string of the molecule is Cn1ccnc1Sc1ccc(NC(=O)C2CC23CCS(=O)(=O)CC3)cc1. The Morgan fingerprint density at radius 3 is 2.58 bits per heavy atom. The molecule has 1 aliphatic heterocycles. The zero-order valence-electron chi connectivity index (χ0n) is 14.5. The maximum Gasteiger partial charge on any atom is 0.228 e. The van der Waals surface area contributed by atoms with Gasteiger partial charge in [0.2, 0.25) is 5.91 Å². The Morgan fingerprint density at radius 1 is 1.27 bits per heavy atom. The molecule has 1 amide bonds. The van der Waals surface area contributed by atoms with Crippen LogP contribution in [0, 0.1) is 11.3 Å². The van der Waals surface area contributed by atoms with E-state index in [2.05, 4.69) is 10.3 Å². The smallest absolute Gasteiger partial charge is 0.228 e. The van der Waals surface area contributed by atoms with Crippen molar-refractivity contribution in [2.24, 2.45) is 18.4 Å². The number of aromatic nitrogens is 2. The average molecular weight is 392 g/mol. The maximum absolute atomic E-state index is 12.5. The second-order valence-corrected chi connectivity index (χ2v) is 10.6. The van der Waals surface area contributed by atoms with Gasteiger partial charge >= 0.3 is 0 Å². The van der Waals surface area contributed by atoms with E-state index in [1.807, 2.05) is 42.1 Å². The minimum Gasteiger partial charge on any atom is -0.329 e. The first-order valence-corrected chi connectivity index (χ1v) is 11.3. The molecule has 4 rings (SSSR count). The van der Waals surface area contributed by atoms with Gasteiger partial charge in [-0.05, 0) is 48.9 Å². The van der Waals surface area contributed by atoms with Crippen molar-refractivity contribution in [3.63, 3.8) is 0 Å². The molecule has 0 bridgehead atoms. The fraction of sp³-hybridized carbons (Fsp3) is 0.444. The van der Waals surface area contributed by atoms with Crippen molar-refractivity contribution in [2.45, 2.75) is 29.3 Å². The lowest BCUT2D eigenvalue weighted by molar-refractivity contribution is -0.118. The molecule has 8 heteroatoms. The summed E-state index contributed by atoms with van der Waals surface area (Å²) in [5.74, 6) is 0.389. The summed E-state index contributed by atoms with van der Waals surface area (Å²) in [6.45, 7) is 0. The Balaban J connectivity index is 1.35. The molecule has 1 saturated heterocycles. The quantitative estimate of drug-likeness (QED) is 0.867. The molecule has 1 aromatic carbocycles. The van der Waals surface area contributed by atoms with Crippen molar-refractivity contribution in [2.75, 3.05) is 16.8 Å². The molecule has 2 heterocycles. The van der Waals surface area contributed by atoms with Crippen LogP contribution in [-0.4, -0.2) is 35.4 Å². The van der Waals surface area contributed by atoms with Crippen molar-refractivity contribution in [3.05, 3.63) is 36.7 Å². The first-order chi connectivity index (χ1) is 12.4. The van der Waals surface area contributed by atoms with Gasteiger partial charge in [-0.15, -0.1) is 0 Å². The second-order valence-electron chi connectivity index (χ2n) is 7.21. The molecule has 2 aromatic rings. The Morgan fingerprint density at radius 2 is 1.96 bits per heavy atom. The molecule has 1 N–H and O–H groups in total. The number of amides is 1. The summed E-state index contributed by atoms with van der Waals surface area (Å²) in [5, 5.41) is 3.89. The number of imidazole rings is 1. The molecule has 2 aliphatic rings. The topological polar surface area (TPSA) is 81.1 Å². The van der Waals surface area contributed by atoms with E-state index in [0.717, 1.165) is 22.2 Å². The lowest BCUT2D eigenvalue weighted by atomic mass is 9.96. The summed E-state index contributed by atoms with van der Waals surface area (Å²) in [6.07, 6.45) is 5.71. The Kier molecular flexibility index (Phi) is 4.35. The molecule has 1 unspecified atom stereocenters. The molecule has 1 aromatic heterocycles. The van der Waals surface area contributed by atoms with Gasteiger partial charge in [-0.25, -0.2) is 13.4 Å². The molecule has 1 saturated carbocycles. The van der Waals surface area contributed by atoms with Crippen LogP contribution in [0.3, 0.4) is 0 Å². The average Bonchev–Trinajstić information content (AvgIpc) is 3.19. The molecule has 138 valence electrons. The molecule has 1 spiro atoms. The number of hydrogen-bond donors (Lipinski definition) is 1. The van der Waals surface area contributed by atoms with E-state index in [0.29, 0.717) is 12.8 Å². The number of nitrogens with zero attached hydrogens (tertiary/aromatic N) is 2. The highest BCUT2D eigenvalue weighted by molar-refractivity contribution is 7.99. The summed E-state index contributed by atoms with van der Waals surface area (Å²) in [5.41, 5.74) is 0.688. The molecule has 26 heavy (non-hydrogen) atoms. The fourth-order valence-electron chi connectivity index (χ4n) is 3.61. The third-order valence-corrected chi connectivity index (χ3v) is 8.17. The van der Waals surface area contributed by atoms with Crippen molar-refractivity contribution in [1.82, 2.24) is 9.55 Å². The molecule has 1 atom stereocenters. The number of rotatable bonds is 4. The Hall–Kier alpha value is -1.80. The van der Waals surface area contributed by atoms with E-state index < -0.39 is 9.84 Å². The highest BCUT2D eigenvalue weighted by atomic mass is 32.2. The van der Waals surface area contributed by atoms with Gasteiger partial charge in [-0.2, -0.15) is 0 Å². The summed E-state index contributed by atoms with van der Waals surface area (Å²) >= 11 is 1.57. The van der Waals surface area contributed by atoms with Crippen LogP contribution in [0.15, 0.2) is 46.7 Å². The number of sulfone groups is 1. The summed E-state index contributed by atoms with van der Waals surface area (Å²) in [4.78, 5) is 17.9. The highest BCUT2D eigenvalue weighted by Gasteiger charge is 2.59. The lowest BCUT2D eigenvalue weighted by Gasteiger charge is -2.22. The predicted octanol–water partition coefficient (Wildman–Crippen LogP) is 2.72. The number of carbonyl (C=O) groups is 1. The Bertz CT molecular complexity index is 921. The standard InChI is InChI=1S/C18H21N3O3S2/c1-21-9-8-19-17(21)25-14-4-2-13(3-5-14)20-16(22)15-12-18(15)6-10-26(23,24)11-7-18/h2-5,8-9,15H,6-7,10-12H2,1H3,(H,20,22). The van der Waals surface area contributed by atoms with Crippen molar-refractivity contribution in [3.8, 4) is 0 Å². The van der Waals surface area contributed by atoms with Crippen LogP contribution in [0.25, 0.3) is 0 Å². The zero-order chi connectivity index (χ0) is 18.4. The van der Waals surface area contributed by atoms with E-state index in [1.165, 1.54) is 0 Å². The number of aryl methyl sites for hydroxylation is 1. The number of nitrogens with one attached hydrogen (secondary N) is 1. The summed E-state index contributed by atoms with van der Waals surface area (Å²) in [6, 6.07) is 7.71. The second kappa shape index (κ2) is 6.42. The van der Waals surface area contributed by atoms with Crippen molar-refractivity contribution in [1.29, 1.82) is 0 Å². The third kappa shape index (κ3) is 3.53. The van der Waals surface area contributed by atoms with Crippen LogP contribution in [-0.2, 0) is 21.7 Å². The number of benzene rings is 1. The van der Waals surface area contributed by atoms with Crippen LogP contribution < -0.4 is 5.32 Å². The van der Waals surface area contributed by atoms with Gasteiger partial charge < -0.3 is 9.88 Å². The number of hydrogen-bond acceptors (Lipinski definition) is 5. The predicted molar refractivity (Wildman–Crippen MR) is 101 cm³/mol. The maximum atomic E-state index is 12.5. The van der Waals surface area contributed by atoms with E-state index in [9.17, 15) is 13.2 Å². The van der Waals surface area contributed by atoms with Crippen molar-refractivity contribution < 1.29 is 13.2 Å². The van der Waals surface area contributed by atoms with Gasteiger partial charge in [0, 0.05) is 35.9 Å². The minimum atomic E-state index is -2.89. The highest BCUT2D eigenvalue weighted by Crippen LogP contribution is 2.60. The van der Waals surface area contributed by atoms with Crippen LogP contribution in [0.5, 0.6) is 0 Å². The molecule has 6 nitrogen and oxygen atoms in total. The number of carbonyl (C=O) groups excluding carboxylic acids is 1. The molecule has 1 aliphatic carbocycles. The third-order valence-electron chi connectivity index (χ3n) is 5.44. The Labute approximate surface area is 157 Å². The van der Waals surface area contributed by atoms with Gasteiger partial charge in [-0.1, -0.05) is 11.8 Å². The van der Waals surface area contributed by atoms with E-state index in [1.54, 1.807) is 18.0 Å². The largest absolute Gasteiger partial charge is 0.329 e. The first kappa shape index (κ1) is 17.6. The van der Waals surface area contributed by atoms with Crippen molar-refractivity contribution >= 4 is 33.2 Å². The van der Waals surface area contributed by atoms with Crippen LogP contribution in [0.2, 0.25) is 0 Å². The van der Waals surface area contributed by atoms with E-state index >= 15 is 0 Å². The summed E-state index contributed by atoms with van der Waals surface area (Å²) in [7, 11) is -0.942. The van der Waals surface area contributed by atoms with E-state index in [4.69, 9.17) is 0 Å². The summed E-state index contributed by atoms with van der Waals surface area (Å²) < 4.78 is 25.1. The van der Waals surface area contributed by atoms with Crippen LogP contribution >= 0.6 is 11.8 Å². The van der Waals surface area contributed by atoms with Crippen LogP contribution in [0.4, 0.5) is 5.69 Å². The van der Waals surface area contributed by atoms with E-state index in [-0.39, 0.29) is 28.7 Å². The first-order valence-electron chi connectivity index (χ1n) is 8.63. The van der Waals surface area contributed by atoms with Gasteiger partial charge in [0.1, 0.15) is 9.84 Å². The van der Waals surface area contributed by atoms with Gasteiger partial charge in [0.25, 0.3) is 0 Å². The zero-order valence-corrected chi connectivity index (χ0v) is 16.1. The van der Waals surface area contributed by atoms with Gasteiger partial charge in [-0.3, -0.25) is 4.79 Å². The van der Waals surface area contributed by atoms with Crippen LogP contribution in [0.1, 0.15) is 19.3 Å². The monoisotopic (exact) mass is 391 g/mol. The molecular formula is C18H21N3O3S2. The van der Waals surface area contributed by atoms with Gasteiger partial charge in [0.15, 0.2) is 5.16 Å². The normalized spacial score (nSPS) is 22.9. The molecule has 0 radical (unpaired) electrons. The molecule has 2 fully saturated rings. The lowest BCUT2D eigenvalue weighted by Crippen LogP contribution is -2.28.